The smallest absolute Gasteiger partial charge is 0.410 e. The van der Waals surface area contributed by atoms with E-state index in [2.05, 4.69) is 65.8 Å². The molecule has 8 heteroatoms. The standard InChI is InChI=1S/C23H36N6O2/c1-6-16-9-17(31-23(30)28(12-14(2)3)13-15(4)5)10-18(16)22-27-26-20-11-25-21-19(29(20)22)7-8-24-21/h7-8,11,14-19,21,24H,6,9-10,12-13H2,1-5H3/t16-,17+,18+,19?,21?/m1/s1. The summed E-state index contributed by atoms with van der Waals surface area (Å²) in [4.78, 5) is 19.4. The number of aliphatic imine (C=N–C) groups is 1. The molecule has 1 saturated carbocycles. The van der Waals surface area contributed by atoms with Gasteiger partial charge in [-0.1, -0.05) is 41.0 Å². The average molecular weight is 429 g/mol. The highest BCUT2D eigenvalue weighted by atomic mass is 16.6. The second kappa shape index (κ2) is 9.01. The van der Waals surface area contributed by atoms with Crippen molar-refractivity contribution in [1.82, 2.24) is 25.0 Å². The lowest BCUT2D eigenvalue weighted by atomic mass is 9.92. The lowest BCUT2D eigenvalue weighted by Crippen LogP contribution is -2.38. The molecule has 3 heterocycles. The van der Waals surface area contributed by atoms with Crippen LogP contribution in [-0.4, -0.2) is 57.3 Å². The van der Waals surface area contributed by atoms with E-state index < -0.39 is 0 Å². The molecule has 1 fully saturated rings. The van der Waals surface area contributed by atoms with Gasteiger partial charge in [-0.15, -0.1) is 10.2 Å². The summed E-state index contributed by atoms with van der Waals surface area (Å²) in [5.41, 5.74) is 0. The van der Waals surface area contributed by atoms with E-state index in [1.165, 1.54) is 0 Å². The summed E-state index contributed by atoms with van der Waals surface area (Å²) < 4.78 is 8.26. The molecule has 0 aromatic carbocycles. The van der Waals surface area contributed by atoms with Gasteiger partial charge in [-0.3, -0.25) is 9.56 Å². The molecule has 1 amide bonds. The lowest BCUT2D eigenvalue weighted by molar-refractivity contribution is 0.0569. The van der Waals surface area contributed by atoms with Crippen LogP contribution in [0.15, 0.2) is 17.3 Å². The third-order valence-electron chi connectivity index (χ3n) is 6.49. The summed E-state index contributed by atoms with van der Waals surface area (Å²) in [5.74, 6) is 3.28. The molecule has 5 atom stereocenters. The van der Waals surface area contributed by atoms with Gasteiger partial charge in [0.25, 0.3) is 0 Å². The first kappa shape index (κ1) is 21.8. The SMILES string of the molecule is CC[C@@H]1C[C@H](OC(=O)N(CC(C)C)CC(C)C)C[C@@H]1c1nnc2n1C1C=CNC1N=C2. The molecule has 1 aromatic heterocycles. The van der Waals surface area contributed by atoms with Gasteiger partial charge in [0.1, 0.15) is 18.1 Å². The van der Waals surface area contributed by atoms with Crippen LogP contribution in [0.3, 0.4) is 0 Å². The number of aromatic nitrogens is 3. The van der Waals surface area contributed by atoms with E-state index in [0.29, 0.717) is 17.8 Å². The van der Waals surface area contributed by atoms with E-state index in [9.17, 15) is 4.79 Å². The maximum Gasteiger partial charge on any atom is 0.410 e. The average Bonchev–Trinajstić information content (AvgIpc) is 3.43. The Bertz CT molecular complexity index is 835. The number of nitrogens with zero attached hydrogens (tertiary/aromatic N) is 5. The zero-order valence-corrected chi connectivity index (χ0v) is 19.4. The molecule has 8 nitrogen and oxygen atoms in total. The summed E-state index contributed by atoms with van der Waals surface area (Å²) in [6, 6.07) is 0.108. The van der Waals surface area contributed by atoms with Crippen LogP contribution in [0.25, 0.3) is 0 Å². The van der Waals surface area contributed by atoms with Crippen molar-refractivity contribution in [2.45, 2.75) is 78.1 Å². The zero-order valence-electron chi connectivity index (χ0n) is 19.4. The maximum atomic E-state index is 13.0. The molecule has 0 spiro atoms. The number of carbonyl (C=O) groups is 1. The molecule has 0 bridgehead atoms. The fourth-order valence-electron chi connectivity index (χ4n) is 5.18. The van der Waals surface area contributed by atoms with E-state index in [-0.39, 0.29) is 30.3 Å². The van der Waals surface area contributed by atoms with Gasteiger partial charge in [0.2, 0.25) is 0 Å². The molecular weight excluding hydrogens is 392 g/mol. The van der Waals surface area contributed by atoms with E-state index in [1.54, 1.807) is 6.21 Å². The highest BCUT2D eigenvalue weighted by Gasteiger charge is 2.42. The van der Waals surface area contributed by atoms with Crippen LogP contribution in [0.5, 0.6) is 0 Å². The Hall–Kier alpha value is -2.38. The van der Waals surface area contributed by atoms with E-state index in [1.807, 2.05) is 11.1 Å². The predicted molar refractivity (Wildman–Crippen MR) is 120 cm³/mol. The first-order valence-electron chi connectivity index (χ1n) is 11.7. The van der Waals surface area contributed by atoms with Crippen LogP contribution < -0.4 is 5.32 Å². The minimum Gasteiger partial charge on any atom is -0.446 e. The number of ether oxygens (including phenoxy) is 1. The third-order valence-corrected chi connectivity index (χ3v) is 6.49. The number of amides is 1. The van der Waals surface area contributed by atoms with E-state index in [4.69, 9.17) is 4.74 Å². The first-order valence-corrected chi connectivity index (χ1v) is 11.7. The molecule has 1 aromatic rings. The number of nitrogens with one attached hydrogen (secondary N) is 1. The number of fused-ring (bicyclic) bond motifs is 3. The molecule has 2 aliphatic heterocycles. The highest BCUT2D eigenvalue weighted by Crippen LogP contribution is 2.44. The fraction of sp³-hybridized carbons (Fsp3) is 0.739. The van der Waals surface area contributed by atoms with Crippen molar-refractivity contribution in [2.75, 3.05) is 13.1 Å². The van der Waals surface area contributed by atoms with Crippen LogP contribution in [0.4, 0.5) is 4.79 Å². The van der Waals surface area contributed by atoms with Crippen molar-refractivity contribution in [3.63, 3.8) is 0 Å². The van der Waals surface area contributed by atoms with Gasteiger partial charge in [-0.25, -0.2) is 4.79 Å². The Kier molecular flexibility index (Phi) is 6.34. The van der Waals surface area contributed by atoms with Gasteiger partial charge in [0.05, 0.1) is 12.3 Å². The normalized spacial score (nSPS) is 28.7. The lowest BCUT2D eigenvalue weighted by Gasteiger charge is -2.27. The summed E-state index contributed by atoms with van der Waals surface area (Å²) in [7, 11) is 0. The van der Waals surface area contributed by atoms with Crippen LogP contribution >= 0.6 is 0 Å². The zero-order chi connectivity index (χ0) is 22.1. The molecule has 1 N–H and O–H groups in total. The topological polar surface area (TPSA) is 84.6 Å². The summed E-state index contributed by atoms with van der Waals surface area (Å²) in [6.45, 7) is 12.2. The molecule has 1 aliphatic carbocycles. The minimum atomic E-state index is -0.179. The van der Waals surface area contributed by atoms with Gasteiger partial charge >= 0.3 is 6.09 Å². The second-order valence-electron chi connectivity index (χ2n) is 9.97. The quantitative estimate of drug-likeness (QED) is 0.715. The molecule has 170 valence electrons. The van der Waals surface area contributed by atoms with E-state index in [0.717, 1.165) is 44.0 Å². The number of rotatable bonds is 7. The molecular formula is C23H36N6O2. The summed E-state index contributed by atoms with van der Waals surface area (Å²) in [5, 5.41) is 12.3. The van der Waals surface area contributed by atoms with Gasteiger partial charge in [0, 0.05) is 19.0 Å². The first-order chi connectivity index (χ1) is 14.9. The molecule has 2 unspecified atom stereocenters. The molecule has 31 heavy (non-hydrogen) atoms. The monoisotopic (exact) mass is 428 g/mol. The molecule has 3 aliphatic rings. The van der Waals surface area contributed by atoms with Crippen LogP contribution in [0, 0.1) is 17.8 Å². The second-order valence-corrected chi connectivity index (χ2v) is 9.97. The van der Waals surface area contributed by atoms with Crippen molar-refractivity contribution >= 4 is 12.3 Å². The van der Waals surface area contributed by atoms with Crippen molar-refractivity contribution in [3.05, 3.63) is 23.9 Å². The summed E-state index contributed by atoms with van der Waals surface area (Å²) in [6.07, 6.45) is 8.34. The summed E-state index contributed by atoms with van der Waals surface area (Å²) >= 11 is 0. The minimum absolute atomic E-state index is 0.0120. The largest absolute Gasteiger partial charge is 0.446 e. The van der Waals surface area contributed by atoms with Gasteiger partial charge in [-0.05, 0) is 42.9 Å². The van der Waals surface area contributed by atoms with Crippen LogP contribution in [0.2, 0.25) is 0 Å². The Morgan fingerprint density at radius 2 is 1.97 bits per heavy atom. The van der Waals surface area contributed by atoms with Gasteiger partial charge in [-0.2, -0.15) is 0 Å². The van der Waals surface area contributed by atoms with Crippen LogP contribution in [-0.2, 0) is 4.74 Å². The van der Waals surface area contributed by atoms with Crippen molar-refractivity contribution < 1.29 is 9.53 Å². The number of hydrogen-bond donors (Lipinski definition) is 1. The maximum absolute atomic E-state index is 13.0. The number of hydrogen-bond acceptors (Lipinski definition) is 6. The van der Waals surface area contributed by atoms with Crippen molar-refractivity contribution in [3.8, 4) is 0 Å². The van der Waals surface area contributed by atoms with Gasteiger partial charge < -0.3 is 15.0 Å². The third kappa shape index (κ3) is 4.48. The molecule has 0 radical (unpaired) electrons. The van der Waals surface area contributed by atoms with Crippen molar-refractivity contribution in [2.24, 2.45) is 22.7 Å². The van der Waals surface area contributed by atoms with Gasteiger partial charge in [0.15, 0.2) is 5.82 Å². The highest BCUT2D eigenvalue weighted by molar-refractivity contribution is 5.76. The Balaban J connectivity index is 1.49. The Morgan fingerprint density at radius 3 is 2.65 bits per heavy atom. The Labute approximate surface area is 185 Å². The van der Waals surface area contributed by atoms with Crippen molar-refractivity contribution in [1.29, 1.82) is 0 Å². The van der Waals surface area contributed by atoms with Crippen LogP contribution in [0.1, 0.15) is 77.5 Å². The molecule has 4 rings (SSSR count). The molecule has 0 saturated heterocycles. The van der Waals surface area contributed by atoms with E-state index >= 15 is 0 Å². The number of carbonyl (C=O) groups excluding carboxylic acids is 1. The Morgan fingerprint density at radius 1 is 1.23 bits per heavy atom. The predicted octanol–water partition coefficient (Wildman–Crippen LogP) is 3.72. The fourth-order valence-corrected chi connectivity index (χ4v) is 5.18.